The first-order valence-electron chi connectivity index (χ1n) is 9.98. The van der Waals surface area contributed by atoms with Crippen molar-refractivity contribution in [3.63, 3.8) is 0 Å². The van der Waals surface area contributed by atoms with E-state index in [1.165, 1.54) is 0 Å². The highest BCUT2D eigenvalue weighted by molar-refractivity contribution is 5.60. The number of allylic oxidation sites excluding steroid dienone is 2. The maximum atomic E-state index is 5.89. The Labute approximate surface area is 172 Å². The van der Waals surface area contributed by atoms with Gasteiger partial charge in [0, 0.05) is 11.8 Å². The zero-order chi connectivity index (χ0) is 20.8. The lowest BCUT2D eigenvalue weighted by Gasteiger charge is -2.24. The Morgan fingerprint density at radius 2 is 2.00 bits per heavy atom. The number of hydrogen-bond donors (Lipinski definition) is 0. The molecule has 156 valence electrons. The third-order valence-corrected chi connectivity index (χ3v) is 4.22. The van der Waals surface area contributed by atoms with Crippen LogP contribution in [0.25, 0.3) is 11.5 Å². The summed E-state index contributed by atoms with van der Waals surface area (Å²) in [4.78, 5) is 6.80. The fourth-order valence-electron chi connectivity index (χ4n) is 2.96. The molecular weight excluding hydrogens is 368 g/mol. The van der Waals surface area contributed by atoms with Gasteiger partial charge in [-0.15, -0.1) is 0 Å². The molecule has 2 aromatic rings. The van der Waals surface area contributed by atoms with Crippen LogP contribution in [0.3, 0.4) is 0 Å². The number of methoxy groups -OCH3 is 1. The molecule has 0 spiro atoms. The third kappa shape index (κ3) is 5.79. The van der Waals surface area contributed by atoms with Gasteiger partial charge in [-0.25, -0.2) is 4.98 Å². The van der Waals surface area contributed by atoms with Gasteiger partial charge in [-0.3, -0.25) is 0 Å². The third-order valence-electron chi connectivity index (χ3n) is 4.22. The van der Waals surface area contributed by atoms with Crippen LogP contribution in [0.4, 0.5) is 0 Å². The standard InChI is InChI=1S/C23H30N2O4/c1-16(2)14-27-22-11-18(8-9-21(22)26-5)23-24-19(15-28-23)12-25-10-6-7-20(13-25)29-17(3)4/h6-11,15-17H,12-14H2,1-5H3. The number of nitrogens with zero attached hydrogens (tertiary/aromatic N) is 2. The zero-order valence-corrected chi connectivity index (χ0v) is 17.8. The zero-order valence-electron chi connectivity index (χ0n) is 17.8. The van der Waals surface area contributed by atoms with Crippen LogP contribution >= 0.6 is 0 Å². The highest BCUT2D eigenvalue weighted by Crippen LogP contribution is 2.32. The van der Waals surface area contributed by atoms with Crippen LogP contribution in [-0.2, 0) is 11.3 Å². The predicted octanol–water partition coefficient (Wildman–Crippen LogP) is 5.02. The first-order chi connectivity index (χ1) is 13.9. The van der Waals surface area contributed by atoms with Gasteiger partial charge in [0.25, 0.3) is 0 Å². The van der Waals surface area contributed by atoms with Gasteiger partial charge >= 0.3 is 0 Å². The smallest absolute Gasteiger partial charge is 0.226 e. The number of rotatable bonds is 9. The summed E-state index contributed by atoms with van der Waals surface area (Å²) in [5.74, 6) is 3.33. The van der Waals surface area contributed by atoms with Gasteiger partial charge in [0.2, 0.25) is 5.89 Å². The summed E-state index contributed by atoms with van der Waals surface area (Å²) in [5.41, 5.74) is 1.71. The van der Waals surface area contributed by atoms with Crippen molar-refractivity contribution in [1.82, 2.24) is 9.88 Å². The summed E-state index contributed by atoms with van der Waals surface area (Å²) < 4.78 is 22.8. The quantitative estimate of drug-likeness (QED) is 0.591. The van der Waals surface area contributed by atoms with E-state index in [1.807, 2.05) is 50.4 Å². The monoisotopic (exact) mass is 398 g/mol. The van der Waals surface area contributed by atoms with Gasteiger partial charge in [0.15, 0.2) is 11.5 Å². The molecule has 29 heavy (non-hydrogen) atoms. The lowest BCUT2D eigenvalue weighted by Crippen LogP contribution is -2.24. The molecule has 0 amide bonds. The van der Waals surface area contributed by atoms with Gasteiger partial charge in [0.05, 0.1) is 38.6 Å². The van der Waals surface area contributed by atoms with E-state index in [-0.39, 0.29) is 6.10 Å². The number of ether oxygens (including phenoxy) is 3. The van der Waals surface area contributed by atoms with Crippen LogP contribution < -0.4 is 9.47 Å². The summed E-state index contributed by atoms with van der Waals surface area (Å²) in [5, 5.41) is 0. The Bertz CT molecular complexity index is 868. The van der Waals surface area contributed by atoms with Gasteiger partial charge in [-0.1, -0.05) is 13.8 Å². The highest BCUT2D eigenvalue weighted by Gasteiger charge is 2.15. The number of benzene rings is 1. The molecule has 1 aromatic carbocycles. The van der Waals surface area contributed by atoms with E-state index in [2.05, 4.69) is 23.7 Å². The van der Waals surface area contributed by atoms with Crippen molar-refractivity contribution < 1.29 is 18.6 Å². The average molecular weight is 399 g/mol. The van der Waals surface area contributed by atoms with Crippen LogP contribution in [0, 0.1) is 5.92 Å². The van der Waals surface area contributed by atoms with Gasteiger partial charge < -0.3 is 23.5 Å². The fraction of sp³-hybridized carbons (Fsp3) is 0.435. The number of aromatic nitrogens is 1. The molecule has 1 aliphatic heterocycles. The van der Waals surface area contributed by atoms with Crippen molar-refractivity contribution in [2.75, 3.05) is 20.3 Å². The maximum absolute atomic E-state index is 5.89. The van der Waals surface area contributed by atoms with E-state index in [0.717, 1.165) is 17.0 Å². The van der Waals surface area contributed by atoms with Crippen molar-refractivity contribution in [3.05, 3.63) is 54.3 Å². The van der Waals surface area contributed by atoms with Gasteiger partial charge in [-0.2, -0.15) is 0 Å². The van der Waals surface area contributed by atoms with Crippen molar-refractivity contribution in [3.8, 4) is 23.0 Å². The minimum atomic E-state index is 0.162. The lowest BCUT2D eigenvalue weighted by atomic mass is 10.2. The normalized spacial score (nSPS) is 13.8. The van der Waals surface area contributed by atoms with E-state index in [1.54, 1.807) is 13.4 Å². The van der Waals surface area contributed by atoms with E-state index in [9.17, 15) is 0 Å². The molecule has 0 N–H and O–H groups in total. The summed E-state index contributed by atoms with van der Waals surface area (Å²) in [7, 11) is 1.64. The summed E-state index contributed by atoms with van der Waals surface area (Å²) in [6.45, 7) is 10.3. The van der Waals surface area contributed by atoms with Crippen molar-refractivity contribution >= 4 is 0 Å². The summed E-state index contributed by atoms with van der Waals surface area (Å²) in [6, 6.07) is 5.71. The highest BCUT2D eigenvalue weighted by atomic mass is 16.5. The minimum Gasteiger partial charge on any atom is -0.493 e. The van der Waals surface area contributed by atoms with Crippen molar-refractivity contribution in [2.45, 2.75) is 40.3 Å². The van der Waals surface area contributed by atoms with Gasteiger partial charge in [0.1, 0.15) is 12.0 Å². The molecule has 0 bridgehead atoms. The Morgan fingerprint density at radius 1 is 1.17 bits per heavy atom. The van der Waals surface area contributed by atoms with Crippen LogP contribution in [0.2, 0.25) is 0 Å². The SMILES string of the molecule is COc1ccc(-c2nc(CN3C=CC=C(OC(C)C)C3)co2)cc1OCC(C)C. The molecule has 0 atom stereocenters. The second kappa shape index (κ2) is 9.54. The van der Waals surface area contributed by atoms with Crippen LogP contribution in [0.1, 0.15) is 33.4 Å². The van der Waals surface area contributed by atoms with E-state index >= 15 is 0 Å². The van der Waals surface area contributed by atoms with Crippen LogP contribution in [0.5, 0.6) is 11.5 Å². The Kier molecular flexibility index (Phi) is 6.86. The summed E-state index contributed by atoms with van der Waals surface area (Å²) in [6.07, 6.45) is 7.89. The molecule has 0 fully saturated rings. The van der Waals surface area contributed by atoms with Crippen LogP contribution in [0.15, 0.2) is 53.0 Å². The Balaban J connectivity index is 1.69. The molecule has 0 saturated heterocycles. The average Bonchev–Trinajstić information content (AvgIpc) is 3.14. The van der Waals surface area contributed by atoms with E-state index in [0.29, 0.717) is 43.0 Å². The first kappa shape index (κ1) is 20.8. The molecule has 6 nitrogen and oxygen atoms in total. The molecule has 0 unspecified atom stereocenters. The molecule has 6 heteroatoms. The van der Waals surface area contributed by atoms with Crippen molar-refractivity contribution in [2.24, 2.45) is 5.92 Å². The molecule has 1 aliphatic rings. The first-order valence-corrected chi connectivity index (χ1v) is 9.98. The molecular formula is C23H30N2O4. The number of oxazole rings is 1. The number of hydrogen-bond acceptors (Lipinski definition) is 6. The Hall–Kier alpha value is -2.89. The fourth-order valence-corrected chi connectivity index (χ4v) is 2.96. The molecule has 1 aromatic heterocycles. The Morgan fingerprint density at radius 3 is 2.72 bits per heavy atom. The summed E-state index contributed by atoms with van der Waals surface area (Å²) >= 11 is 0. The topological polar surface area (TPSA) is 57.0 Å². The maximum Gasteiger partial charge on any atom is 0.226 e. The van der Waals surface area contributed by atoms with Gasteiger partial charge in [-0.05, 0) is 50.1 Å². The second-order valence-corrected chi connectivity index (χ2v) is 7.76. The predicted molar refractivity (Wildman–Crippen MR) is 113 cm³/mol. The molecule has 0 aliphatic carbocycles. The minimum absolute atomic E-state index is 0.162. The molecule has 2 heterocycles. The van der Waals surface area contributed by atoms with E-state index < -0.39 is 0 Å². The molecule has 0 radical (unpaired) electrons. The second-order valence-electron chi connectivity index (χ2n) is 7.76. The van der Waals surface area contributed by atoms with Crippen molar-refractivity contribution in [1.29, 1.82) is 0 Å². The van der Waals surface area contributed by atoms with Crippen LogP contribution in [-0.4, -0.2) is 36.2 Å². The molecule has 0 saturated carbocycles. The largest absolute Gasteiger partial charge is 0.493 e. The van der Waals surface area contributed by atoms with E-state index in [4.69, 9.17) is 18.6 Å². The lowest BCUT2D eigenvalue weighted by molar-refractivity contribution is 0.127. The molecule has 3 rings (SSSR count).